The predicted molar refractivity (Wildman–Crippen MR) is 78.9 cm³/mol. The Hall–Kier alpha value is -1.63. The molecule has 1 aromatic heterocycles. The molecule has 1 aromatic rings. The smallest absolute Gasteiger partial charge is 0.408 e. The van der Waals surface area contributed by atoms with E-state index in [9.17, 15) is 4.79 Å². The first-order valence-electron chi connectivity index (χ1n) is 7.32. The predicted octanol–water partition coefficient (Wildman–Crippen LogP) is 1.23. The molecule has 0 spiro atoms. The number of carbonyl (C=O) groups excluding carboxylic acids is 1. The first-order chi connectivity index (χ1) is 9.73. The molecule has 1 aliphatic heterocycles. The van der Waals surface area contributed by atoms with Gasteiger partial charge >= 0.3 is 6.09 Å². The van der Waals surface area contributed by atoms with Crippen LogP contribution in [0.1, 0.15) is 45.3 Å². The summed E-state index contributed by atoms with van der Waals surface area (Å²) in [5.74, 6) is 1.58. The van der Waals surface area contributed by atoms with E-state index < -0.39 is 17.2 Å². The van der Waals surface area contributed by atoms with Crippen LogP contribution in [0.15, 0.2) is 0 Å². The van der Waals surface area contributed by atoms with Gasteiger partial charge in [-0.25, -0.2) is 4.79 Å². The fourth-order valence-corrected chi connectivity index (χ4v) is 2.58. The number of aromatic nitrogens is 3. The van der Waals surface area contributed by atoms with Crippen LogP contribution in [0.3, 0.4) is 0 Å². The van der Waals surface area contributed by atoms with Crippen molar-refractivity contribution in [2.24, 2.45) is 7.05 Å². The maximum absolute atomic E-state index is 12.2. The van der Waals surface area contributed by atoms with Gasteiger partial charge in [-0.1, -0.05) is 0 Å². The van der Waals surface area contributed by atoms with Gasteiger partial charge in [0.2, 0.25) is 0 Å². The number of nitrogens with one attached hydrogen (secondary N) is 2. The van der Waals surface area contributed by atoms with Gasteiger partial charge in [0.15, 0.2) is 5.82 Å². The molecule has 2 heterocycles. The van der Waals surface area contributed by atoms with Gasteiger partial charge in [0.1, 0.15) is 17.0 Å². The van der Waals surface area contributed by atoms with Crippen molar-refractivity contribution >= 4 is 6.09 Å². The Kier molecular flexibility index (Phi) is 4.22. The van der Waals surface area contributed by atoms with Crippen molar-refractivity contribution < 1.29 is 9.53 Å². The van der Waals surface area contributed by atoms with E-state index in [-0.39, 0.29) is 0 Å². The molecule has 0 aromatic carbocycles. The van der Waals surface area contributed by atoms with Crippen molar-refractivity contribution in [3.8, 4) is 0 Å². The zero-order valence-corrected chi connectivity index (χ0v) is 13.5. The highest BCUT2D eigenvalue weighted by atomic mass is 16.6. The van der Waals surface area contributed by atoms with Gasteiger partial charge in [-0.15, -0.1) is 10.2 Å². The van der Waals surface area contributed by atoms with Crippen LogP contribution in [0.2, 0.25) is 0 Å². The molecule has 0 radical (unpaired) electrons. The Morgan fingerprint density at radius 2 is 2.14 bits per heavy atom. The van der Waals surface area contributed by atoms with E-state index in [4.69, 9.17) is 4.74 Å². The maximum Gasteiger partial charge on any atom is 0.408 e. The largest absolute Gasteiger partial charge is 0.444 e. The third kappa shape index (κ3) is 3.53. The number of aryl methyl sites for hydroxylation is 1. The Morgan fingerprint density at radius 3 is 2.62 bits per heavy atom. The molecule has 0 saturated carbocycles. The second-order valence-corrected chi connectivity index (χ2v) is 6.62. The van der Waals surface area contributed by atoms with Crippen LogP contribution in [-0.2, 0) is 17.3 Å². The number of hydrogen-bond donors (Lipinski definition) is 2. The van der Waals surface area contributed by atoms with Crippen LogP contribution in [0.25, 0.3) is 0 Å². The summed E-state index contributed by atoms with van der Waals surface area (Å²) in [6, 6.07) is 0. The van der Waals surface area contributed by atoms with E-state index in [0.717, 1.165) is 31.0 Å². The van der Waals surface area contributed by atoms with Crippen LogP contribution in [0.4, 0.5) is 4.79 Å². The minimum atomic E-state index is -0.573. The zero-order chi connectivity index (χ0) is 15.7. The Labute approximate surface area is 125 Å². The molecule has 1 fully saturated rings. The first-order valence-corrected chi connectivity index (χ1v) is 7.32. The van der Waals surface area contributed by atoms with Crippen molar-refractivity contribution in [2.45, 2.75) is 51.7 Å². The van der Waals surface area contributed by atoms with Gasteiger partial charge in [-0.3, -0.25) is 0 Å². The SMILES string of the molecule is Cc1nnc(C2(NC(=O)OC(C)(C)C)CCCNC2)n1C. The number of nitrogens with zero attached hydrogens (tertiary/aromatic N) is 3. The molecule has 21 heavy (non-hydrogen) atoms. The summed E-state index contributed by atoms with van der Waals surface area (Å²) in [4.78, 5) is 12.2. The minimum Gasteiger partial charge on any atom is -0.444 e. The average molecular weight is 295 g/mol. The number of hydrogen-bond acceptors (Lipinski definition) is 5. The third-order valence-electron chi connectivity index (χ3n) is 3.64. The van der Waals surface area contributed by atoms with Crippen molar-refractivity contribution in [3.63, 3.8) is 0 Å². The summed E-state index contributed by atoms with van der Waals surface area (Å²) in [5.41, 5.74) is -1.10. The van der Waals surface area contributed by atoms with Crippen LogP contribution in [-0.4, -0.2) is 39.5 Å². The van der Waals surface area contributed by atoms with Crippen molar-refractivity contribution in [1.82, 2.24) is 25.4 Å². The first kappa shape index (κ1) is 15.8. The van der Waals surface area contributed by atoms with E-state index in [2.05, 4.69) is 20.8 Å². The molecule has 1 unspecified atom stereocenters. The number of ether oxygens (including phenoxy) is 1. The number of carbonyl (C=O) groups is 1. The summed E-state index contributed by atoms with van der Waals surface area (Å²) in [6.45, 7) is 9.02. The molecular weight excluding hydrogens is 270 g/mol. The molecule has 2 rings (SSSR count). The lowest BCUT2D eigenvalue weighted by Gasteiger charge is -2.37. The number of piperidine rings is 1. The molecule has 0 bridgehead atoms. The van der Waals surface area contributed by atoms with E-state index in [0.29, 0.717) is 6.54 Å². The lowest BCUT2D eigenvalue weighted by atomic mass is 9.89. The zero-order valence-electron chi connectivity index (χ0n) is 13.5. The highest BCUT2D eigenvalue weighted by molar-refractivity contribution is 5.69. The second kappa shape index (κ2) is 5.63. The summed E-state index contributed by atoms with van der Waals surface area (Å²) < 4.78 is 7.32. The number of rotatable bonds is 2. The van der Waals surface area contributed by atoms with E-state index in [1.807, 2.05) is 39.3 Å². The quantitative estimate of drug-likeness (QED) is 0.857. The average Bonchev–Trinajstić information content (AvgIpc) is 2.69. The molecule has 118 valence electrons. The molecule has 1 amide bonds. The highest BCUT2D eigenvalue weighted by Gasteiger charge is 2.40. The fraction of sp³-hybridized carbons (Fsp3) is 0.786. The molecule has 7 nitrogen and oxygen atoms in total. The fourth-order valence-electron chi connectivity index (χ4n) is 2.58. The van der Waals surface area contributed by atoms with Crippen LogP contribution < -0.4 is 10.6 Å². The number of amides is 1. The summed E-state index contributed by atoms with van der Waals surface area (Å²) in [5, 5.41) is 14.7. The van der Waals surface area contributed by atoms with E-state index in [1.165, 1.54) is 0 Å². The van der Waals surface area contributed by atoms with Crippen molar-refractivity contribution in [3.05, 3.63) is 11.6 Å². The molecule has 2 N–H and O–H groups in total. The van der Waals surface area contributed by atoms with E-state index in [1.54, 1.807) is 0 Å². The molecule has 1 atom stereocenters. The van der Waals surface area contributed by atoms with Gasteiger partial charge in [-0.05, 0) is 47.1 Å². The van der Waals surface area contributed by atoms with Crippen LogP contribution in [0.5, 0.6) is 0 Å². The van der Waals surface area contributed by atoms with Gasteiger partial charge in [-0.2, -0.15) is 0 Å². The maximum atomic E-state index is 12.2. The second-order valence-electron chi connectivity index (χ2n) is 6.62. The van der Waals surface area contributed by atoms with Crippen LogP contribution >= 0.6 is 0 Å². The summed E-state index contributed by atoms with van der Waals surface area (Å²) >= 11 is 0. The molecule has 0 aliphatic carbocycles. The lowest BCUT2D eigenvalue weighted by Crippen LogP contribution is -2.57. The Morgan fingerprint density at radius 1 is 1.43 bits per heavy atom. The Bertz CT molecular complexity index is 512. The number of alkyl carbamates (subject to hydrolysis) is 1. The monoisotopic (exact) mass is 295 g/mol. The summed E-state index contributed by atoms with van der Waals surface area (Å²) in [6.07, 6.45) is 1.35. The Balaban J connectivity index is 2.26. The standard InChI is InChI=1S/C14H25N5O2/c1-10-17-18-11(19(10)5)14(7-6-8-15-9-14)16-12(20)21-13(2,3)4/h15H,6-9H2,1-5H3,(H,16,20). The minimum absolute atomic E-state index is 0.424. The molecule has 7 heteroatoms. The molecule has 1 saturated heterocycles. The van der Waals surface area contributed by atoms with Gasteiger partial charge < -0.3 is 19.9 Å². The van der Waals surface area contributed by atoms with Gasteiger partial charge in [0.25, 0.3) is 0 Å². The van der Waals surface area contributed by atoms with Gasteiger partial charge in [0.05, 0.1) is 0 Å². The normalized spacial score (nSPS) is 22.9. The van der Waals surface area contributed by atoms with Gasteiger partial charge in [0, 0.05) is 13.6 Å². The summed E-state index contributed by atoms with van der Waals surface area (Å²) in [7, 11) is 1.91. The van der Waals surface area contributed by atoms with Crippen molar-refractivity contribution in [2.75, 3.05) is 13.1 Å². The van der Waals surface area contributed by atoms with Crippen molar-refractivity contribution in [1.29, 1.82) is 0 Å². The lowest BCUT2D eigenvalue weighted by molar-refractivity contribution is 0.0421. The van der Waals surface area contributed by atoms with Crippen LogP contribution in [0, 0.1) is 6.92 Å². The third-order valence-corrected chi connectivity index (χ3v) is 3.64. The molecular formula is C14H25N5O2. The van der Waals surface area contributed by atoms with E-state index >= 15 is 0 Å². The topological polar surface area (TPSA) is 81.1 Å². The molecule has 1 aliphatic rings. The highest BCUT2D eigenvalue weighted by Crippen LogP contribution is 2.27.